The molecule has 1 heterocycles. The van der Waals surface area contributed by atoms with Crippen LogP contribution < -0.4 is 11.3 Å². The second-order valence-electron chi connectivity index (χ2n) is 5.07. The maximum Gasteiger partial charge on any atom is 0.0726 e. The van der Waals surface area contributed by atoms with Gasteiger partial charge in [0.15, 0.2) is 0 Å². The molecule has 0 amide bonds. The largest absolute Gasteiger partial charge is 0.271 e. The molecule has 0 bridgehead atoms. The third kappa shape index (κ3) is 2.50. The first-order chi connectivity index (χ1) is 9.38. The van der Waals surface area contributed by atoms with Gasteiger partial charge in [0.05, 0.1) is 12.2 Å². The Morgan fingerprint density at radius 2 is 2.05 bits per heavy atom. The molecule has 4 heteroatoms. The molecule has 19 heavy (non-hydrogen) atoms. The molecule has 3 N–H and O–H groups in total. The standard InChI is InChI=1S/C15H18N4/c16-19-15(14-7-8-17-18-10-14)13-6-2-5-12(9-13)11-3-1-4-11/h2,5-11,15,19H,1,3-4,16H2. The fourth-order valence-electron chi connectivity index (χ4n) is 2.59. The summed E-state index contributed by atoms with van der Waals surface area (Å²) in [4.78, 5) is 0. The Balaban J connectivity index is 1.91. The average molecular weight is 254 g/mol. The molecule has 1 unspecified atom stereocenters. The Kier molecular flexibility index (Phi) is 3.53. The molecule has 1 aromatic heterocycles. The van der Waals surface area contributed by atoms with E-state index in [1.807, 2.05) is 6.07 Å². The number of hydrazine groups is 1. The third-order valence-electron chi connectivity index (χ3n) is 3.93. The van der Waals surface area contributed by atoms with Crippen LogP contribution in [0.15, 0.2) is 42.7 Å². The summed E-state index contributed by atoms with van der Waals surface area (Å²) >= 11 is 0. The Bertz CT molecular complexity index is 537. The van der Waals surface area contributed by atoms with Crippen LogP contribution in [0.5, 0.6) is 0 Å². The number of nitrogens with one attached hydrogen (secondary N) is 1. The van der Waals surface area contributed by atoms with Crippen molar-refractivity contribution in [3.05, 3.63) is 59.4 Å². The predicted octanol–water partition coefficient (Wildman–Crippen LogP) is 2.30. The maximum atomic E-state index is 5.71. The molecule has 2 aromatic rings. The first kappa shape index (κ1) is 12.3. The Morgan fingerprint density at radius 3 is 2.68 bits per heavy atom. The van der Waals surface area contributed by atoms with Crippen molar-refractivity contribution in [1.29, 1.82) is 0 Å². The summed E-state index contributed by atoms with van der Waals surface area (Å²) in [6.07, 6.45) is 7.40. The van der Waals surface area contributed by atoms with Gasteiger partial charge in [0.2, 0.25) is 0 Å². The molecule has 1 aromatic carbocycles. The van der Waals surface area contributed by atoms with E-state index >= 15 is 0 Å². The molecular weight excluding hydrogens is 236 g/mol. The van der Waals surface area contributed by atoms with Crippen molar-refractivity contribution < 1.29 is 0 Å². The van der Waals surface area contributed by atoms with Crippen molar-refractivity contribution in [1.82, 2.24) is 15.6 Å². The van der Waals surface area contributed by atoms with Crippen LogP contribution in [0.1, 0.15) is 47.9 Å². The highest BCUT2D eigenvalue weighted by Crippen LogP contribution is 2.37. The second-order valence-corrected chi connectivity index (χ2v) is 5.07. The highest BCUT2D eigenvalue weighted by atomic mass is 15.2. The van der Waals surface area contributed by atoms with Crippen molar-refractivity contribution in [3.8, 4) is 0 Å². The summed E-state index contributed by atoms with van der Waals surface area (Å²) in [6, 6.07) is 10.6. The predicted molar refractivity (Wildman–Crippen MR) is 74.2 cm³/mol. The molecule has 1 atom stereocenters. The van der Waals surface area contributed by atoms with Gasteiger partial charge in [-0.2, -0.15) is 10.2 Å². The first-order valence-corrected chi connectivity index (χ1v) is 6.71. The van der Waals surface area contributed by atoms with Crippen molar-refractivity contribution >= 4 is 0 Å². The van der Waals surface area contributed by atoms with Crippen molar-refractivity contribution in [2.75, 3.05) is 0 Å². The maximum absolute atomic E-state index is 5.71. The molecule has 0 saturated heterocycles. The molecule has 1 aliphatic carbocycles. The normalized spacial score (nSPS) is 16.9. The van der Waals surface area contributed by atoms with Gasteiger partial charge in [-0.05, 0) is 41.5 Å². The Morgan fingerprint density at radius 1 is 1.16 bits per heavy atom. The molecule has 4 nitrogen and oxygen atoms in total. The lowest BCUT2D eigenvalue weighted by molar-refractivity contribution is 0.419. The zero-order valence-electron chi connectivity index (χ0n) is 10.8. The number of rotatable bonds is 4. The van der Waals surface area contributed by atoms with Gasteiger partial charge < -0.3 is 0 Å². The summed E-state index contributed by atoms with van der Waals surface area (Å²) in [5.41, 5.74) is 6.50. The van der Waals surface area contributed by atoms with Crippen LogP contribution in [0, 0.1) is 0 Å². The molecular formula is C15H18N4. The summed E-state index contributed by atoms with van der Waals surface area (Å²) < 4.78 is 0. The van der Waals surface area contributed by atoms with Gasteiger partial charge in [0.25, 0.3) is 0 Å². The lowest BCUT2D eigenvalue weighted by Crippen LogP contribution is -2.29. The molecule has 0 spiro atoms. The summed E-state index contributed by atoms with van der Waals surface area (Å²) in [6.45, 7) is 0. The average Bonchev–Trinajstić information content (AvgIpc) is 2.39. The van der Waals surface area contributed by atoms with Gasteiger partial charge >= 0.3 is 0 Å². The van der Waals surface area contributed by atoms with Gasteiger partial charge in [0, 0.05) is 6.20 Å². The smallest absolute Gasteiger partial charge is 0.0726 e. The van der Waals surface area contributed by atoms with Gasteiger partial charge in [-0.25, -0.2) is 5.43 Å². The number of aromatic nitrogens is 2. The highest BCUT2D eigenvalue weighted by molar-refractivity contribution is 5.34. The van der Waals surface area contributed by atoms with Crippen molar-refractivity contribution in [3.63, 3.8) is 0 Å². The first-order valence-electron chi connectivity index (χ1n) is 6.71. The van der Waals surface area contributed by atoms with Gasteiger partial charge in [-0.15, -0.1) is 0 Å². The highest BCUT2D eigenvalue weighted by Gasteiger charge is 2.21. The fraction of sp³-hybridized carbons (Fsp3) is 0.333. The minimum Gasteiger partial charge on any atom is -0.271 e. The molecule has 0 radical (unpaired) electrons. The summed E-state index contributed by atoms with van der Waals surface area (Å²) in [7, 11) is 0. The molecule has 98 valence electrons. The van der Waals surface area contributed by atoms with E-state index in [1.165, 1.54) is 30.4 Å². The van der Waals surface area contributed by atoms with E-state index in [-0.39, 0.29) is 6.04 Å². The lowest BCUT2D eigenvalue weighted by atomic mass is 9.79. The van der Waals surface area contributed by atoms with E-state index in [4.69, 9.17) is 5.84 Å². The number of nitrogens with zero attached hydrogens (tertiary/aromatic N) is 2. The van der Waals surface area contributed by atoms with Crippen LogP contribution in [0.2, 0.25) is 0 Å². The van der Waals surface area contributed by atoms with E-state index in [0.717, 1.165) is 11.5 Å². The van der Waals surface area contributed by atoms with E-state index in [0.29, 0.717) is 0 Å². The number of hydrogen-bond acceptors (Lipinski definition) is 4. The number of benzene rings is 1. The quantitative estimate of drug-likeness (QED) is 0.649. The van der Waals surface area contributed by atoms with E-state index in [9.17, 15) is 0 Å². The minimum absolute atomic E-state index is 0.0319. The SMILES string of the molecule is NNC(c1ccnnc1)c1cccc(C2CCC2)c1. The number of hydrogen-bond donors (Lipinski definition) is 2. The minimum atomic E-state index is -0.0319. The van der Waals surface area contributed by atoms with Gasteiger partial charge in [-0.1, -0.05) is 30.7 Å². The van der Waals surface area contributed by atoms with E-state index in [2.05, 4.69) is 39.9 Å². The number of nitrogens with two attached hydrogens (primary N) is 1. The topological polar surface area (TPSA) is 63.8 Å². The van der Waals surface area contributed by atoms with E-state index in [1.54, 1.807) is 12.4 Å². The Hall–Kier alpha value is -1.78. The van der Waals surface area contributed by atoms with E-state index < -0.39 is 0 Å². The van der Waals surface area contributed by atoms with Crippen LogP contribution in [0.4, 0.5) is 0 Å². The van der Waals surface area contributed by atoms with Gasteiger partial charge in [0.1, 0.15) is 0 Å². The second kappa shape index (κ2) is 5.47. The van der Waals surface area contributed by atoms with Gasteiger partial charge in [-0.3, -0.25) is 5.84 Å². The third-order valence-corrected chi connectivity index (χ3v) is 3.93. The molecule has 3 rings (SSSR count). The van der Waals surface area contributed by atoms with Crippen LogP contribution in [0.3, 0.4) is 0 Å². The fourth-order valence-corrected chi connectivity index (χ4v) is 2.59. The molecule has 1 saturated carbocycles. The monoisotopic (exact) mass is 254 g/mol. The van der Waals surface area contributed by atoms with Crippen molar-refractivity contribution in [2.45, 2.75) is 31.2 Å². The van der Waals surface area contributed by atoms with Crippen LogP contribution in [-0.2, 0) is 0 Å². The zero-order valence-corrected chi connectivity index (χ0v) is 10.8. The van der Waals surface area contributed by atoms with Crippen molar-refractivity contribution in [2.24, 2.45) is 5.84 Å². The van der Waals surface area contributed by atoms with Crippen LogP contribution >= 0.6 is 0 Å². The summed E-state index contributed by atoms with van der Waals surface area (Å²) in [5, 5.41) is 7.72. The van der Waals surface area contributed by atoms with Crippen LogP contribution in [-0.4, -0.2) is 10.2 Å². The zero-order chi connectivity index (χ0) is 13.1. The molecule has 1 aliphatic rings. The molecule has 0 aliphatic heterocycles. The molecule has 1 fully saturated rings. The van der Waals surface area contributed by atoms with Crippen LogP contribution in [0.25, 0.3) is 0 Å². The summed E-state index contributed by atoms with van der Waals surface area (Å²) in [5.74, 6) is 6.44. The lowest BCUT2D eigenvalue weighted by Gasteiger charge is -2.27. The Labute approximate surface area is 113 Å².